The van der Waals surface area contributed by atoms with E-state index in [9.17, 15) is 19.2 Å². The molecule has 0 bridgehead atoms. The molecular formula is C26H26N2O6S2. The van der Waals surface area contributed by atoms with E-state index in [0.29, 0.717) is 21.8 Å². The van der Waals surface area contributed by atoms with E-state index in [1.165, 1.54) is 30.2 Å². The maximum Gasteiger partial charge on any atom is 0.341 e. The van der Waals surface area contributed by atoms with Gasteiger partial charge in [0.1, 0.15) is 10.6 Å². The van der Waals surface area contributed by atoms with Gasteiger partial charge in [0.15, 0.2) is 0 Å². The standard InChI is InChI=1S/C26H26N2O6S2/c1-15-7-9-17(10-8-15)20-14-35-25(23(20)26(33)34-3)28-24(32)16(2)36-19-6-4-5-18(13-19)27-21(29)11-12-22(30)31/h4-10,13-14,16H,11-12H2,1-3H3,(H,27,29)(H,28,32)(H,30,31). The number of carboxylic acid groups (broad SMARTS) is 1. The van der Waals surface area contributed by atoms with Crippen molar-refractivity contribution in [1.29, 1.82) is 0 Å². The fourth-order valence-corrected chi connectivity index (χ4v) is 5.15. The summed E-state index contributed by atoms with van der Waals surface area (Å²) in [6.07, 6.45) is -0.376. The Morgan fingerprint density at radius 1 is 1.06 bits per heavy atom. The Labute approximate surface area is 217 Å². The van der Waals surface area contributed by atoms with Crippen LogP contribution in [0.25, 0.3) is 11.1 Å². The smallest absolute Gasteiger partial charge is 0.341 e. The number of methoxy groups -OCH3 is 1. The fraction of sp³-hybridized carbons (Fsp3) is 0.231. The second kappa shape index (κ2) is 12.4. The molecule has 0 saturated heterocycles. The van der Waals surface area contributed by atoms with Gasteiger partial charge in [-0.05, 0) is 37.6 Å². The summed E-state index contributed by atoms with van der Waals surface area (Å²) in [7, 11) is 1.30. The van der Waals surface area contributed by atoms with Crippen LogP contribution < -0.4 is 10.6 Å². The molecule has 0 aliphatic rings. The molecule has 3 N–H and O–H groups in total. The molecule has 2 aromatic carbocycles. The van der Waals surface area contributed by atoms with Gasteiger partial charge < -0.3 is 20.5 Å². The fourth-order valence-electron chi connectivity index (χ4n) is 3.26. The monoisotopic (exact) mass is 526 g/mol. The molecule has 1 aromatic heterocycles. The molecule has 1 atom stereocenters. The average Bonchev–Trinajstić information content (AvgIpc) is 3.26. The Kier molecular flexibility index (Phi) is 9.26. The highest BCUT2D eigenvalue weighted by Gasteiger charge is 2.24. The summed E-state index contributed by atoms with van der Waals surface area (Å²) in [5.41, 5.74) is 3.45. The quantitative estimate of drug-likeness (QED) is 0.238. The van der Waals surface area contributed by atoms with Crippen LogP contribution in [0.15, 0.2) is 58.8 Å². The maximum absolute atomic E-state index is 13.0. The molecule has 8 nitrogen and oxygen atoms in total. The number of esters is 1. The Bertz CT molecular complexity index is 1270. The molecule has 1 heterocycles. The van der Waals surface area contributed by atoms with E-state index < -0.39 is 23.1 Å². The molecule has 0 aliphatic carbocycles. The summed E-state index contributed by atoms with van der Waals surface area (Å²) in [6.45, 7) is 3.72. The number of carbonyl (C=O) groups is 4. The van der Waals surface area contributed by atoms with Crippen molar-refractivity contribution < 1.29 is 29.0 Å². The zero-order valence-electron chi connectivity index (χ0n) is 20.0. The van der Waals surface area contributed by atoms with Gasteiger partial charge in [0.25, 0.3) is 0 Å². The second-order valence-corrected chi connectivity index (χ2v) is 10.2. The second-order valence-electron chi connectivity index (χ2n) is 7.93. The van der Waals surface area contributed by atoms with Crippen molar-refractivity contribution >= 4 is 57.5 Å². The number of carboxylic acids is 1. The number of hydrogen-bond donors (Lipinski definition) is 3. The first-order valence-electron chi connectivity index (χ1n) is 11.0. The largest absolute Gasteiger partial charge is 0.481 e. The lowest BCUT2D eigenvalue weighted by molar-refractivity contribution is -0.138. The molecule has 0 saturated carbocycles. The van der Waals surface area contributed by atoms with Crippen LogP contribution in [0.2, 0.25) is 0 Å². The summed E-state index contributed by atoms with van der Waals surface area (Å²) >= 11 is 2.54. The van der Waals surface area contributed by atoms with Gasteiger partial charge in [0, 0.05) is 27.9 Å². The molecule has 0 fully saturated rings. The molecule has 10 heteroatoms. The van der Waals surface area contributed by atoms with Crippen molar-refractivity contribution in [2.24, 2.45) is 0 Å². The number of anilines is 2. The Morgan fingerprint density at radius 3 is 2.44 bits per heavy atom. The third kappa shape index (κ3) is 7.19. The predicted molar refractivity (Wildman–Crippen MR) is 142 cm³/mol. The first-order chi connectivity index (χ1) is 17.2. The van der Waals surface area contributed by atoms with Crippen molar-refractivity contribution in [2.75, 3.05) is 17.7 Å². The minimum Gasteiger partial charge on any atom is -0.481 e. The number of rotatable bonds is 10. The van der Waals surface area contributed by atoms with E-state index in [1.54, 1.807) is 25.1 Å². The zero-order valence-corrected chi connectivity index (χ0v) is 21.6. The van der Waals surface area contributed by atoms with Gasteiger partial charge in [-0.2, -0.15) is 0 Å². The van der Waals surface area contributed by atoms with Crippen molar-refractivity contribution in [2.45, 2.75) is 36.8 Å². The van der Waals surface area contributed by atoms with Crippen LogP contribution in [0.4, 0.5) is 10.7 Å². The van der Waals surface area contributed by atoms with Crippen LogP contribution in [0.5, 0.6) is 0 Å². The third-order valence-electron chi connectivity index (χ3n) is 5.15. The van der Waals surface area contributed by atoms with Gasteiger partial charge in [-0.3, -0.25) is 14.4 Å². The highest BCUT2D eigenvalue weighted by molar-refractivity contribution is 8.00. The normalized spacial score (nSPS) is 11.4. The van der Waals surface area contributed by atoms with Crippen LogP contribution in [0.1, 0.15) is 35.7 Å². The van der Waals surface area contributed by atoms with Crippen LogP contribution in [-0.2, 0) is 19.1 Å². The van der Waals surface area contributed by atoms with Crippen LogP contribution in [0, 0.1) is 6.92 Å². The maximum atomic E-state index is 13.0. The van der Waals surface area contributed by atoms with Crippen molar-refractivity contribution in [1.82, 2.24) is 0 Å². The predicted octanol–water partition coefficient (Wildman–Crippen LogP) is 5.43. The summed E-state index contributed by atoms with van der Waals surface area (Å²) in [5.74, 6) is -2.27. The number of thiophene rings is 1. The topological polar surface area (TPSA) is 122 Å². The van der Waals surface area contributed by atoms with Crippen LogP contribution in [0.3, 0.4) is 0 Å². The molecule has 0 radical (unpaired) electrons. The molecule has 188 valence electrons. The molecule has 36 heavy (non-hydrogen) atoms. The first-order valence-corrected chi connectivity index (χ1v) is 12.8. The molecule has 3 rings (SSSR count). The number of benzene rings is 2. The molecule has 3 aromatic rings. The van der Waals surface area contributed by atoms with Crippen molar-refractivity contribution in [3.63, 3.8) is 0 Å². The third-order valence-corrected chi connectivity index (χ3v) is 7.13. The van der Waals surface area contributed by atoms with Crippen molar-refractivity contribution in [3.8, 4) is 11.1 Å². The van der Waals surface area contributed by atoms with Crippen LogP contribution in [-0.4, -0.2) is 41.2 Å². The molecule has 0 spiro atoms. The number of nitrogens with one attached hydrogen (secondary N) is 2. The number of amides is 2. The van der Waals surface area contributed by atoms with Crippen molar-refractivity contribution in [3.05, 3.63) is 65.0 Å². The molecule has 0 aliphatic heterocycles. The van der Waals surface area contributed by atoms with E-state index in [1.807, 2.05) is 42.6 Å². The number of aryl methyl sites for hydroxylation is 1. The van der Waals surface area contributed by atoms with E-state index >= 15 is 0 Å². The van der Waals surface area contributed by atoms with E-state index in [-0.39, 0.29) is 18.7 Å². The van der Waals surface area contributed by atoms with Crippen LogP contribution >= 0.6 is 23.1 Å². The number of thioether (sulfide) groups is 1. The van der Waals surface area contributed by atoms with E-state index in [0.717, 1.165) is 16.0 Å². The Morgan fingerprint density at radius 2 is 1.78 bits per heavy atom. The number of aliphatic carboxylic acids is 1. The first kappa shape index (κ1) is 27.0. The summed E-state index contributed by atoms with van der Waals surface area (Å²) < 4.78 is 4.98. The Balaban J connectivity index is 1.70. The molecule has 1 unspecified atom stereocenters. The van der Waals surface area contributed by atoms with Gasteiger partial charge in [-0.25, -0.2) is 4.79 Å². The summed E-state index contributed by atoms with van der Waals surface area (Å²) in [6, 6.07) is 14.7. The molecular weight excluding hydrogens is 500 g/mol. The summed E-state index contributed by atoms with van der Waals surface area (Å²) in [4.78, 5) is 48.8. The minimum absolute atomic E-state index is 0.126. The lowest BCUT2D eigenvalue weighted by Gasteiger charge is -2.13. The summed E-state index contributed by atoms with van der Waals surface area (Å²) in [5, 5.41) is 15.9. The zero-order chi connectivity index (χ0) is 26.2. The van der Waals surface area contributed by atoms with E-state index in [2.05, 4.69) is 10.6 Å². The van der Waals surface area contributed by atoms with E-state index in [4.69, 9.17) is 9.84 Å². The van der Waals surface area contributed by atoms with Gasteiger partial charge >= 0.3 is 11.9 Å². The SMILES string of the molecule is COC(=O)c1c(-c2ccc(C)cc2)csc1NC(=O)C(C)Sc1cccc(NC(=O)CCC(=O)O)c1. The minimum atomic E-state index is -1.04. The number of hydrogen-bond acceptors (Lipinski definition) is 7. The lowest BCUT2D eigenvalue weighted by Crippen LogP contribution is -2.23. The average molecular weight is 527 g/mol. The van der Waals surface area contributed by atoms with Gasteiger partial charge in [-0.15, -0.1) is 23.1 Å². The highest BCUT2D eigenvalue weighted by atomic mass is 32.2. The highest BCUT2D eigenvalue weighted by Crippen LogP contribution is 2.37. The van der Waals surface area contributed by atoms with Gasteiger partial charge in [0.05, 0.1) is 18.8 Å². The molecule has 2 amide bonds. The Hall–Kier alpha value is -3.63. The number of ether oxygens (including phenoxy) is 1. The lowest BCUT2D eigenvalue weighted by atomic mass is 10.0. The van der Waals surface area contributed by atoms with Gasteiger partial charge in [0.2, 0.25) is 11.8 Å². The van der Waals surface area contributed by atoms with Gasteiger partial charge in [-0.1, -0.05) is 35.9 Å². The number of carbonyl (C=O) groups excluding carboxylic acids is 3.